The number of benzene rings is 3. The minimum atomic E-state index is -4.24. The molecule has 41 heavy (non-hydrogen) atoms. The summed E-state index contributed by atoms with van der Waals surface area (Å²) in [5.74, 6) is -0.291. The highest BCUT2D eigenvalue weighted by Crippen LogP contribution is 2.36. The maximum atomic E-state index is 14.1. The van der Waals surface area contributed by atoms with Crippen LogP contribution in [0.1, 0.15) is 38.8 Å². The van der Waals surface area contributed by atoms with Crippen LogP contribution in [0.3, 0.4) is 0 Å². The maximum Gasteiger partial charge on any atom is 0.264 e. The van der Waals surface area contributed by atoms with Gasteiger partial charge in [-0.1, -0.05) is 48.0 Å². The fourth-order valence-electron chi connectivity index (χ4n) is 4.29. The zero-order valence-electron chi connectivity index (χ0n) is 24.7. The monoisotopic (exact) mass is 581 g/mol. The highest BCUT2D eigenvalue weighted by Gasteiger charge is 2.34. The lowest BCUT2D eigenvalue weighted by atomic mass is 10.1. The van der Waals surface area contributed by atoms with E-state index in [-0.39, 0.29) is 28.8 Å². The molecule has 3 rings (SSSR count). The van der Waals surface area contributed by atoms with E-state index in [2.05, 4.69) is 5.32 Å². The standard InChI is InChI=1S/C31H39N3O6S/c1-22-12-11-13-24(18-22)20-33(23(2)30(36)32-31(3,4)5)29(35)21-34(41(37,38)26-14-9-8-10-15-26)27-19-25(39-6)16-17-28(27)40-7/h8-19,23H,20-21H2,1-7H3,(H,32,36)/t23-/m1/s1. The van der Waals surface area contributed by atoms with E-state index in [4.69, 9.17) is 9.47 Å². The summed E-state index contributed by atoms with van der Waals surface area (Å²) < 4.78 is 39.9. The van der Waals surface area contributed by atoms with Crippen molar-refractivity contribution in [3.8, 4) is 11.5 Å². The minimum absolute atomic E-state index is 0.00133. The molecule has 3 aromatic rings. The Morgan fingerprint density at radius 2 is 1.61 bits per heavy atom. The average Bonchev–Trinajstić information content (AvgIpc) is 2.93. The molecule has 0 saturated carbocycles. The first-order valence-electron chi connectivity index (χ1n) is 13.2. The summed E-state index contributed by atoms with van der Waals surface area (Å²) in [6, 6.07) is 19.3. The van der Waals surface area contributed by atoms with Crippen LogP contribution in [-0.4, -0.2) is 57.5 Å². The van der Waals surface area contributed by atoms with Crippen LogP contribution in [-0.2, 0) is 26.2 Å². The van der Waals surface area contributed by atoms with Crippen LogP contribution in [0.4, 0.5) is 5.69 Å². The molecule has 3 aromatic carbocycles. The zero-order valence-corrected chi connectivity index (χ0v) is 25.5. The summed E-state index contributed by atoms with van der Waals surface area (Å²) in [6.45, 7) is 8.66. The van der Waals surface area contributed by atoms with Gasteiger partial charge in [0.25, 0.3) is 10.0 Å². The van der Waals surface area contributed by atoms with Crippen molar-refractivity contribution in [1.82, 2.24) is 10.2 Å². The third-order valence-electron chi connectivity index (χ3n) is 6.37. The van der Waals surface area contributed by atoms with Crippen LogP contribution in [0.15, 0.2) is 77.7 Å². The number of anilines is 1. The fourth-order valence-corrected chi connectivity index (χ4v) is 5.73. The molecule has 0 bridgehead atoms. The summed E-state index contributed by atoms with van der Waals surface area (Å²) in [6.07, 6.45) is 0. The van der Waals surface area contributed by atoms with Gasteiger partial charge in [0.05, 0.1) is 24.8 Å². The van der Waals surface area contributed by atoms with Crippen LogP contribution in [0, 0.1) is 6.92 Å². The normalized spacial score (nSPS) is 12.3. The summed E-state index contributed by atoms with van der Waals surface area (Å²) in [7, 11) is -1.36. The molecule has 2 amide bonds. The molecule has 0 fully saturated rings. The van der Waals surface area contributed by atoms with Crippen LogP contribution >= 0.6 is 0 Å². The van der Waals surface area contributed by atoms with E-state index in [0.29, 0.717) is 5.75 Å². The zero-order chi connectivity index (χ0) is 30.4. The Morgan fingerprint density at radius 3 is 2.20 bits per heavy atom. The van der Waals surface area contributed by atoms with Crippen LogP contribution in [0.2, 0.25) is 0 Å². The summed E-state index contributed by atoms with van der Waals surface area (Å²) >= 11 is 0. The van der Waals surface area contributed by atoms with Crippen molar-refractivity contribution < 1.29 is 27.5 Å². The molecular formula is C31H39N3O6S. The van der Waals surface area contributed by atoms with Crippen molar-refractivity contribution in [3.05, 3.63) is 83.9 Å². The number of aryl methyl sites for hydroxylation is 1. The molecule has 0 saturated heterocycles. The van der Waals surface area contributed by atoms with E-state index in [9.17, 15) is 18.0 Å². The van der Waals surface area contributed by atoms with Gasteiger partial charge in [-0.15, -0.1) is 0 Å². The average molecular weight is 582 g/mol. The number of hydrogen-bond donors (Lipinski definition) is 1. The van der Waals surface area contributed by atoms with E-state index < -0.39 is 34.1 Å². The molecule has 0 aromatic heterocycles. The van der Waals surface area contributed by atoms with Gasteiger partial charge in [-0.3, -0.25) is 13.9 Å². The van der Waals surface area contributed by atoms with Gasteiger partial charge >= 0.3 is 0 Å². The van der Waals surface area contributed by atoms with Gasteiger partial charge in [-0.25, -0.2) is 8.42 Å². The van der Waals surface area contributed by atoms with Gasteiger partial charge in [0.1, 0.15) is 24.1 Å². The van der Waals surface area contributed by atoms with Crippen LogP contribution in [0.25, 0.3) is 0 Å². The van der Waals surface area contributed by atoms with Crippen molar-refractivity contribution in [2.45, 2.75) is 57.6 Å². The third kappa shape index (κ3) is 8.00. The first-order valence-corrected chi connectivity index (χ1v) is 14.7. The maximum absolute atomic E-state index is 14.1. The Hall–Kier alpha value is -4.05. The lowest BCUT2D eigenvalue weighted by molar-refractivity contribution is -0.140. The number of ether oxygens (including phenoxy) is 2. The van der Waals surface area contributed by atoms with Crippen LogP contribution in [0.5, 0.6) is 11.5 Å². The molecule has 1 atom stereocenters. The molecular weight excluding hydrogens is 542 g/mol. The first-order chi connectivity index (χ1) is 19.3. The molecule has 0 spiro atoms. The van der Waals surface area contributed by atoms with E-state index in [1.165, 1.54) is 37.3 Å². The smallest absolute Gasteiger partial charge is 0.264 e. The SMILES string of the molecule is COc1ccc(OC)c(N(CC(=O)N(Cc2cccc(C)c2)[C@H](C)C(=O)NC(C)(C)C)S(=O)(=O)c2ccccc2)c1. The van der Waals surface area contributed by atoms with E-state index >= 15 is 0 Å². The topological polar surface area (TPSA) is 105 Å². The molecule has 0 heterocycles. The molecule has 9 nitrogen and oxygen atoms in total. The number of hydrogen-bond acceptors (Lipinski definition) is 6. The first kappa shape index (κ1) is 31.5. The van der Waals surface area contributed by atoms with E-state index in [1.807, 2.05) is 52.0 Å². The molecule has 220 valence electrons. The number of methoxy groups -OCH3 is 2. The molecule has 10 heteroatoms. The van der Waals surface area contributed by atoms with Gasteiger partial charge in [0.15, 0.2) is 0 Å². The molecule has 0 radical (unpaired) electrons. The lowest BCUT2D eigenvalue weighted by Gasteiger charge is -2.34. The largest absolute Gasteiger partial charge is 0.497 e. The highest BCUT2D eigenvalue weighted by atomic mass is 32.2. The van der Waals surface area contributed by atoms with Gasteiger partial charge in [0.2, 0.25) is 11.8 Å². The number of amides is 2. The molecule has 0 aliphatic heterocycles. The second kappa shape index (κ2) is 13.1. The van der Waals surface area contributed by atoms with E-state index in [1.54, 1.807) is 37.3 Å². The predicted molar refractivity (Wildman–Crippen MR) is 160 cm³/mol. The van der Waals surface area contributed by atoms with Crippen molar-refractivity contribution in [2.24, 2.45) is 0 Å². The van der Waals surface area contributed by atoms with E-state index in [0.717, 1.165) is 15.4 Å². The summed E-state index contributed by atoms with van der Waals surface area (Å²) in [5.41, 5.74) is 1.41. The van der Waals surface area contributed by atoms with Crippen molar-refractivity contribution in [2.75, 3.05) is 25.1 Å². The van der Waals surface area contributed by atoms with Crippen molar-refractivity contribution in [1.29, 1.82) is 0 Å². The number of rotatable bonds is 11. The van der Waals surface area contributed by atoms with Crippen molar-refractivity contribution in [3.63, 3.8) is 0 Å². The van der Waals surface area contributed by atoms with Crippen molar-refractivity contribution >= 4 is 27.5 Å². The Labute approximate surface area is 243 Å². The van der Waals surface area contributed by atoms with Crippen LogP contribution < -0.4 is 19.1 Å². The summed E-state index contributed by atoms with van der Waals surface area (Å²) in [5, 5.41) is 2.92. The molecule has 1 N–H and O–H groups in total. The molecule has 0 aliphatic rings. The quantitative estimate of drug-likeness (QED) is 0.357. The number of sulfonamides is 1. The Balaban J connectivity index is 2.12. The lowest BCUT2D eigenvalue weighted by Crippen LogP contribution is -2.54. The van der Waals surface area contributed by atoms with Gasteiger partial charge in [-0.2, -0.15) is 0 Å². The molecule has 0 aliphatic carbocycles. The Bertz CT molecular complexity index is 1470. The number of carbonyl (C=O) groups excluding carboxylic acids is 2. The minimum Gasteiger partial charge on any atom is -0.497 e. The van der Waals surface area contributed by atoms with Gasteiger partial charge in [-0.05, 0) is 64.4 Å². The fraction of sp³-hybridized carbons (Fsp3) is 0.355. The number of nitrogens with one attached hydrogen (secondary N) is 1. The third-order valence-corrected chi connectivity index (χ3v) is 8.14. The second-order valence-electron chi connectivity index (χ2n) is 10.8. The molecule has 0 unspecified atom stereocenters. The Kier molecular flexibility index (Phi) is 10.0. The highest BCUT2D eigenvalue weighted by molar-refractivity contribution is 7.92. The summed E-state index contributed by atoms with van der Waals surface area (Å²) in [4.78, 5) is 28.8. The van der Waals surface area contributed by atoms with Gasteiger partial charge in [0, 0.05) is 18.2 Å². The second-order valence-corrected chi connectivity index (χ2v) is 12.7. The predicted octanol–water partition coefficient (Wildman–Crippen LogP) is 4.54. The Morgan fingerprint density at radius 1 is 0.927 bits per heavy atom. The number of carbonyl (C=O) groups is 2. The number of nitrogens with zero attached hydrogens (tertiary/aromatic N) is 2. The van der Waals surface area contributed by atoms with Gasteiger partial charge < -0.3 is 19.7 Å².